The molecule has 0 aliphatic carbocycles. The monoisotopic (exact) mass is 180 g/mol. The molecule has 0 aromatic carbocycles. The Morgan fingerprint density at radius 1 is 1.45 bits per heavy atom. The molecular weight excluding hydrogens is 163 g/mol. The van der Waals surface area contributed by atoms with Crippen molar-refractivity contribution in [1.82, 2.24) is 0 Å². The first-order valence-electron chi connectivity index (χ1n) is 3.58. The molecule has 1 atom stereocenters. The van der Waals surface area contributed by atoms with Crippen LogP contribution in [0.25, 0.3) is 0 Å². The third-order valence-electron chi connectivity index (χ3n) is 1.26. The number of hydrogen-bond donors (Lipinski definition) is 1. The quantitative estimate of drug-likeness (QED) is 0.675. The van der Waals surface area contributed by atoms with Crippen molar-refractivity contribution < 1.29 is 14.2 Å². The third-order valence-corrected chi connectivity index (χ3v) is 3.79. The second-order valence-electron chi connectivity index (χ2n) is 3.86. The molecule has 0 heterocycles. The van der Waals surface area contributed by atoms with Gasteiger partial charge in [-0.1, -0.05) is 20.8 Å². The normalized spacial score (nSPS) is 17.9. The van der Waals surface area contributed by atoms with Crippen molar-refractivity contribution in [3.05, 3.63) is 0 Å². The van der Waals surface area contributed by atoms with Crippen LogP contribution in [-0.4, -0.2) is 24.7 Å². The van der Waals surface area contributed by atoms with Gasteiger partial charge in [0.05, 0.1) is 0 Å². The predicted octanol–water partition coefficient (Wildman–Crippen LogP) is 1.91. The van der Waals surface area contributed by atoms with E-state index in [0.29, 0.717) is 6.16 Å². The third kappa shape index (κ3) is 4.57. The summed E-state index contributed by atoms with van der Waals surface area (Å²) in [7, 11) is -1.37. The van der Waals surface area contributed by atoms with E-state index >= 15 is 0 Å². The zero-order valence-electron chi connectivity index (χ0n) is 7.63. The Balaban J connectivity index is 4.21. The van der Waals surface area contributed by atoms with Crippen LogP contribution in [0, 0.1) is 5.41 Å². The van der Waals surface area contributed by atoms with Crippen LogP contribution in [0.3, 0.4) is 0 Å². The molecular formula is C7H17O3P. The van der Waals surface area contributed by atoms with Crippen molar-refractivity contribution in [3.8, 4) is 0 Å². The molecule has 4 heteroatoms. The molecule has 0 fully saturated rings. The Morgan fingerprint density at radius 3 is 2.00 bits per heavy atom. The van der Waals surface area contributed by atoms with Crippen molar-refractivity contribution in [2.75, 3.05) is 19.6 Å². The number of rotatable bonds is 3. The molecule has 1 unspecified atom stereocenters. The number of hydrogen-bond acceptors (Lipinski definition) is 3. The van der Waals surface area contributed by atoms with Crippen LogP contribution >= 0.6 is 7.37 Å². The lowest BCUT2D eigenvalue weighted by atomic mass is 10.0. The largest absolute Gasteiger partial charge is 0.386 e. The van der Waals surface area contributed by atoms with E-state index in [4.69, 9.17) is 9.63 Å². The van der Waals surface area contributed by atoms with Gasteiger partial charge in [0.25, 0.3) is 0 Å². The molecule has 1 N–H and O–H groups in total. The second-order valence-corrected chi connectivity index (χ2v) is 6.45. The van der Waals surface area contributed by atoms with Crippen LogP contribution in [0.15, 0.2) is 0 Å². The van der Waals surface area contributed by atoms with Gasteiger partial charge in [-0.15, -0.1) is 0 Å². The van der Waals surface area contributed by atoms with Gasteiger partial charge in [0.15, 0.2) is 0 Å². The zero-order chi connectivity index (χ0) is 9.12. The Morgan fingerprint density at radius 2 is 1.91 bits per heavy atom. The van der Waals surface area contributed by atoms with Gasteiger partial charge in [-0.25, -0.2) is 0 Å². The zero-order valence-corrected chi connectivity index (χ0v) is 8.52. The average Bonchev–Trinajstić information content (AvgIpc) is 1.84. The molecule has 11 heavy (non-hydrogen) atoms. The minimum atomic E-state index is -2.75. The highest BCUT2D eigenvalue weighted by Gasteiger charge is 2.27. The minimum Gasteiger partial charge on any atom is -0.386 e. The Kier molecular flexibility index (Phi) is 3.75. The van der Waals surface area contributed by atoms with Gasteiger partial charge in [0.1, 0.15) is 6.35 Å². The van der Waals surface area contributed by atoms with Gasteiger partial charge < -0.3 is 9.63 Å². The summed E-state index contributed by atoms with van der Waals surface area (Å²) in [5.74, 6) is 0. The maximum Gasteiger partial charge on any atom is 0.227 e. The maximum absolute atomic E-state index is 11.5. The summed E-state index contributed by atoms with van der Waals surface area (Å²) in [6, 6.07) is 0. The first kappa shape index (κ1) is 11.2. The van der Waals surface area contributed by atoms with Gasteiger partial charge in [-0.3, -0.25) is 4.57 Å². The first-order valence-corrected chi connectivity index (χ1v) is 5.57. The van der Waals surface area contributed by atoms with Crippen molar-refractivity contribution in [2.45, 2.75) is 20.8 Å². The minimum absolute atomic E-state index is 0.0612. The van der Waals surface area contributed by atoms with E-state index < -0.39 is 7.37 Å². The highest BCUT2D eigenvalue weighted by atomic mass is 31.2. The molecule has 0 aromatic heterocycles. The molecule has 0 spiro atoms. The molecule has 0 bridgehead atoms. The average molecular weight is 180 g/mol. The summed E-state index contributed by atoms with van der Waals surface area (Å²) < 4.78 is 16.3. The highest BCUT2D eigenvalue weighted by molar-refractivity contribution is 7.58. The molecule has 0 amide bonds. The summed E-state index contributed by atoms with van der Waals surface area (Å²) in [4.78, 5) is 0. The Labute approximate surface area is 68.2 Å². The summed E-state index contributed by atoms with van der Waals surface area (Å²) in [5, 5.41) is 8.76. The molecule has 0 saturated heterocycles. The lowest BCUT2D eigenvalue weighted by molar-refractivity contribution is 0.299. The smallest absolute Gasteiger partial charge is 0.227 e. The van der Waals surface area contributed by atoms with Crippen molar-refractivity contribution in [1.29, 1.82) is 0 Å². The SMILES string of the molecule is COP(=O)(CO)CC(C)(C)C. The summed E-state index contributed by atoms with van der Waals surface area (Å²) in [6.45, 7) is 5.90. The van der Waals surface area contributed by atoms with E-state index in [1.54, 1.807) is 0 Å². The highest BCUT2D eigenvalue weighted by Crippen LogP contribution is 2.49. The van der Waals surface area contributed by atoms with E-state index in [1.807, 2.05) is 20.8 Å². The van der Waals surface area contributed by atoms with Gasteiger partial charge in [0, 0.05) is 13.3 Å². The fourth-order valence-corrected chi connectivity index (χ4v) is 2.68. The van der Waals surface area contributed by atoms with Crippen LogP contribution in [0.4, 0.5) is 0 Å². The molecule has 68 valence electrons. The second kappa shape index (κ2) is 3.70. The molecule has 0 aromatic rings. The molecule has 0 rings (SSSR count). The van der Waals surface area contributed by atoms with Crippen LogP contribution in [-0.2, 0) is 9.09 Å². The molecule has 0 radical (unpaired) electrons. The number of aliphatic hydroxyl groups is 1. The van der Waals surface area contributed by atoms with E-state index in [0.717, 1.165) is 0 Å². The first-order chi connectivity index (χ1) is 4.83. The van der Waals surface area contributed by atoms with Gasteiger partial charge in [-0.05, 0) is 5.41 Å². The van der Waals surface area contributed by atoms with Crippen molar-refractivity contribution >= 4 is 7.37 Å². The van der Waals surface area contributed by atoms with Crippen molar-refractivity contribution in [3.63, 3.8) is 0 Å². The van der Waals surface area contributed by atoms with E-state index in [9.17, 15) is 4.57 Å². The van der Waals surface area contributed by atoms with E-state index in [-0.39, 0.29) is 11.8 Å². The van der Waals surface area contributed by atoms with Gasteiger partial charge in [0.2, 0.25) is 7.37 Å². The van der Waals surface area contributed by atoms with Crippen molar-refractivity contribution in [2.24, 2.45) is 5.41 Å². The molecule has 0 saturated carbocycles. The van der Waals surface area contributed by atoms with Crippen LogP contribution < -0.4 is 0 Å². The Hall–Kier alpha value is 0.150. The maximum atomic E-state index is 11.5. The molecule has 0 aliphatic rings. The predicted molar refractivity (Wildman–Crippen MR) is 46.0 cm³/mol. The topological polar surface area (TPSA) is 46.5 Å². The fourth-order valence-electron chi connectivity index (χ4n) is 0.895. The van der Waals surface area contributed by atoms with Gasteiger partial charge in [-0.2, -0.15) is 0 Å². The standard InChI is InChI=1S/C7H17O3P/c1-7(2,3)5-11(9,6-8)10-4/h8H,5-6H2,1-4H3. The van der Waals surface area contributed by atoms with Gasteiger partial charge >= 0.3 is 0 Å². The van der Waals surface area contributed by atoms with Crippen LogP contribution in [0.1, 0.15) is 20.8 Å². The fraction of sp³-hybridized carbons (Fsp3) is 1.00. The summed E-state index contributed by atoms with van der Waals surface area (Å²) in [5.41, 5.74) is -0.0612. The summed E-state index contributed by atoms with van der Waals surface area (Å²) in [6.07, 6.45) is 0.0633. The number of aliphatic hydroxyl groups excluding tert-OH is 1. The van der Waals surface area contributed by atoms with E-state index in [1.165, 1.54) is 7.11 Å². The lowest BCUT2D eigenvalue weighted by Gasteiger charge is -2.23. The molecule has 0 aliphatic heterocycles. The Bertz CT molecular complexity index is 152. The van der Waals surface area contributed by atoms with Crippen LogP contribution in [0.5, 0.6) is 0 Å². The van der Waals surface area contributed by atoms with E-state index in [2.05, 4.69) is 0 Å². The van der Waals surface area contributed by atoms with Crippen LogP contribution in [0.2, 0.25) is 0 Å². The molecule has 3 nitrogen and oxygen atoms in total. The lowest BCUT2D eigenvalue weighted by Crippen LogP contribution is -2.14. The summed E-state index contributed by atoms with van der Waals surface area (Å²) >= 11 is 0.